The molecule has 144 valence electrons. The highest BCUT2D eigenvalue weighted by Gasteiger charge is 2.99. The van der Waals surface area contributed by atoms with E-state index in [2.05, 4.69) is 42.6 Å². The van der Waals surface area contributed by atoms with Gasteiger partial charge >= 0.3 is 0 Å². The van der Waals surface area contributed by atoms with Crippen LogP contribution in [0.2, 0.25) is 0 Å². The molecule has 1 amide bonds. The van der Waals surface area contributed by atoms with E-state index in [1.807, 2.05) is 0 Å². The molecule has 5 saturated carbocycles. The molecule has 1 spiro atoms. The van der Waals surface area contributed by atoms with Crippen LogP contribution in [-0.2, 0) is 10.2 Å². The van der Waals surface area contributed by atoms with Gasteiger partial charge < -0.3 is 11.1 Å². The molecule has 5 aliphatic rings. The third-order valence-electron chi connectivity index (χ3n) is 9.94. The Hall–Kier alpha value is -1.35. The quantitative estimate of drug-likeness (QED) is 0.854. The normalized spacial score (nSPS) is 51.4. The van der Waals surface area contributed by atoms with Crippen molar-refractivity contribution in [1.29, 1.82) is 0 Å². The molecular formula is C24H32N2O. The number of benzene rings is 1. The Kier molecular flexibility index (Phi) is 3.06. The minimum atomic E-state index is -0.0660. The number of amides is 1. The molecule has 0 radical (unpaired) electrons. The summed E-state index contributed by atoms with van der Waals surface area (Å²) in [6.07, 6.45) is 9.43. The lowest BCUT2D eigenvalue weighted by Crippen LogP contribution is -2.97. The Balaban J connectivity index is 1.26. The minimum absolute atomic E-state index is 0.0660. The second-order valence-electron chi connectivity index (χ2n) is 10.8. The van der Waals surface area contributed by atoms with Gasteiger partial charge in [-0.1, -0.05) is 37.3 Å². The molecule has 5 aliphatic carbocycles. The van der Waals surface area contributed by atoms with Gasteiger partial charge in [-0.25, -0.2) is 0 Å². The van der Waals surface area contributed by atoms with Crippen molar-refractivity contribution in [2.75, 3.05) is 6.54 Å². The Morgan fingerprint density at radius 3 is 2.48 bits per heavy atom. The van der Waals surface area contributed by atoms with Crippen molar-refractivity contribution in [2.24, 2.45) is 33.8 Å². The molecule has 5 atom stereocenters. The van der Waals surface area contributed by atoms with Gasteiger partial charge in [0.15, 0.2) is 0 Å². The third kappa shape index (κ3) is 1.57. The highest BCUT2D eigenvalue weighted by atomic mass is 16.2. The van der Waals surface area contributed by atoms with Crippen molar-refractivity contribution in [3.05, 3.63) is 35.9 Å². The van der Waals surface area contributed by atoms with E-state index in [9.17, 15) is 4.79 Å². The summed E-state index contributed by atoms with van der Waals surface area (Å²) in [6.45, 7) is 3.27. The van der Waals surface area contributed by atoms with Crippen LogP contribution in [0.1, 0.15) is 63.9 Å². The molecule has 0 heterocycles. The summed E-state index contributed by atoms with van der Waals surface area (Å²) in [5, 5.41) is 3.51. The lowest BCUT2D eigenvalue weighted by Gasteiger charge is -2.98. The summed E-state index contributed by atoms with van der Waals surface area (Å²) in [5.74, 6) is 1.84. The molecule has 0 bridgehead atoms. The molecule has 0 saturated heterocycles. The van der Waals surface area contributed by atoms with Crippen LogP contribution >= 0.6 is 0 Å². The Morgan fingerprint density at radius 1 is 1.11 bits per heavy atom. The van der Waals surface area contributed by atoms with Crippen molar-refractivity contribution in [3.8, 4) is 0 Å². The average Bonchev–Trinajstić information content (AvgIpc) is 2.64. The van der Waals surface area contributed by atoms with Crippen LogP contribution in [-0.4, -0.2) is 18.5 Å². The van der Waals surface area contributed by atoms with Crippen molar-refractivity contribution in [1.82, 2.24) is 5.32 Å². The van der Waals surface area contributed by atoms with Crippen LogP contribution in [0, 0.1) is 28.1 Å². The van der Waals surface area contributed by atoms with Crippen molar-refractivity contribution < 1.29 is 4.79 Å². The second-order valence-corrected chi connectivity index (χ2v) is 10.8. The van der Waals surface area contributed by atoms with Gasteiger partial charge in [-0.05, 0) is 80.7 Å². The zero-order valence-corrected chi connectivity index (χ0v) is 16.5. The predicted molar refractivity (Wildman–Crippen MR) is 106 cm³/mol. The van der Waals surface area contributed by atoms with Crippen LogP contribution < -0.4 is 11.1 Å². The fourth-order valence-corrected chi connectivity index (χ4v) is 9.43. The molecule has 5 unspecified atom stereocenters. The number of rotatable bonds is 4. The van der Waals surface area contributed by atoms with Crippen LogP contribution in [0.5, 0.6) is 0 Å². The van der Waals surface area contributed by atoms with E-state index in [1.165, 1.54) is 31.2 Å². The number of nitrogens with one attached hydrogen (secondary N) is 1. The summed E-state index contributed by atoms with van der Waals surface area (Å²) < 4.78 is 0. The molecule has 3 heteroatoms. The van der Waals surface area contributed by atoms with Crippen molar-refractivity contribution >= 4 is 5.91 Å². The van der Waals surface area contributed by atoms with Gasteiger partial charge in [0.25, 0.3) is 0 Å². The molecule has 6 rings (SSSR count). The second kappa shape index (κ2) is 4.97. The summed E-state index contributed by atoms with van der Waals surface area (Å²) in [5.41, 5.74) is 8.23. The van der Waals surface area contributed by atoms with Gasteiger partial charge in [0.05, 0.1) is 5.41 Å². The van der Waals surface area contributed by atoms with E-state index >= 15 is 0 Å². The zero-order valence-electron chi connectivity index (χ0n) is 16.5. The Bertz CT molecular complexity index is 800. The first-order valence-corrected chi connectivity index (χ1v) is 11.1. The first-order chi connectivity index (χ1) is 13.0. The number of nitrogens with two attached hydrogens (primary N) is 1. The molecule has 5 fully saturated rings. The molecule has 1 aromatic carbocycles. The van der Waals surface area contributed by atoms with Crippen LogP contribution in [0.4, 0.5) is 0 Å². The van der Waals surface area contributed by atoms with E-state index in [0.717, 1.165) is 38.1 Å². The van der Waals surface area contributed by atoms with Gasteiger partial charge in [0, 0.05) is 16.9 Å². The van der Waals surface area contributed by atoms with E-state index in [1.54, 1.807) is 0 Å². The first kappa shape index (κ1) is 16.6. The fraction of sp³-hybridized carbons (Fsp3) is 0.708. The van der Waals surface area contributed by atoms with Gasteiger partial charge in [-0.3, -0.25) is 4.79 Å². The smallest absolute Gasteiger partial charge is 0.227 e. The van der Waals surface area contributed by atoms with Crippen molar-refractivity contribution in [3.63, 3.8) is 0 Å². The number of carbonyl (C=O) groups excluding carboxylic acids is 1. The Morgan fingerprint density at radius 2 is 1.85 bits per heavy atom. The molecule has 27 heavy (non-hydrogen) atoms. The standard InChI is InChI=1S/C24H32N2O/c1-21-11-18-12-22(20(27)26-19-9-7-16(13-25)8-10-19)15-23(14-21,24(18,21)22)17-5-3-2-4-6-17/h2-6,16,18-19H,7-15,25H2,1H3,(H,26,27)/t16-,18?,19-,21?,22?,23?,24?. The van der Waals surface area contributed by atoms with E-state index in [4.69, 9.17) is 5.73 Å². The third-order valence-corrected chi connectivity index (χ3v) is 9.94. The van der Waals surface area contributed by atoms with E-state index in [0.29, 0.717) is 28.7 Å². The van der Waals surface area contributed by atoms with E-state index < -0.39 is 0 Å². The topological polar surface area (TPSA) is 55.1 Å². The monoisotopic (exact) mass is 364 g/mol. The maximum atomic E-state index is 13.6. The molecular weight excluding hydrogens is 332 g/mol. The Labute approximate surface area is 162 Å². The van der Waals surface area contributed by atoms with Gasteiger partial charge in [-0.2, -0.15) is 0 Å². The SMILES string of the molecule is CC12CC3CC4(C(=O)N[C@H]5CC[C@H](CN)CC5)CC(c5ccccc5)(C1)C324. The largest absolute Gasteiger partial charge is 0.353 e. The highest BCUT2D eigenvalue weighted by molar-refractivity contribution is 5.90. The van der Waals surface area contributed by atoms with Crippen LogP contribution in [0.25, 0.3) is 0 Å². The summed E-state index contributed by atoms with van der Waals surface area (Å²) >= 11 is 0. The van der Waals surface area contributed by atoms with Crippen molar-refractivity contribution in [2.45, 2.75) is 69.7 Å². The van der Waals surface area contributed by atoms with Crippen LogP contribution in [0.3, 0.4) is 0 Å². The number of carbonyl (C=O) groups is 1. The first-order valence-electron chi connectivity index (χ1n) is 11.1. The number of hydrogen-bond donors (Lipinski definition) is 2. The van der Waals surface area contributed by atoms with Crippen LogP contribution in [0.15, 0.2) is 30.3 Å². The maximum Gasteiger partial charge on any atom is 0.227 e. The fourth-order valence-electron chi connectivity index (χ4n) is 9.43. The molecule has 3 nitrogen and oxygen atoms in total. The van der Waals surface area contributed by atoms with Gasteiger partial charge in [0.2, 0.25) is 5.91 Å². The lowest BCUT2D eigenvalue weighted by molar-refractivity contribution is -0.472. The minimum Gasteiger partial charge on any atom is -0.353 e. The van der Waals surface area contributed by atoms with Gasteiger partial charge in [0.1, 0.15) is 0 Å². The summed E-state index contributed by atoms with van der Waals surface area (Å²) in [7, 11) is 0. The molecule has 3 N–H and O–H groups in total. The maximum absolute atomic E-state index is 13.6. The average molecular weight is 365 g/mol. The zero-order chi connectivity index (χ0) is 18.5. The highest BCUT2D eigenvalue weighted by Crippen LogP contribution is 3.01. The lowest BCUT2D eigenvalue weighted by atomic mass is 9.04. The van der Waals surface area contributed by atoms with Gasteiger partial charge in [-0.15, -0.1) is 0 Å². The molecule has 0 aromatic heterocycles. The number of hydrogen-bond acceptors (Lipinski definition) is 2. The van der Waals surface area contributed by atoms with E-state index in [-0.39, 0.29) is 10.8 Å². The summed E-state index contributed by atoms with van der Waals surface area (Å²) in [6, 6.07) is 11.5. The molecule has 1 aromatic rings. The predicted octanol–water partition coefficient (Wildman–Crippen LogP) is 3.77. The molecule has 0 aliphatic heterocycles. The summed E-state index contributed by atoms with van der Waals surface area (Å²) in [4.78, 5) is 13.6.